The van der Waals surface area contributed by atoms with Crippen molar-refractivity contribution in [2.45, 2.75) is 32.7 Å². The second kappa shape index (κ2) is 10.1. The number of hydrogen-bond donors (Lipinski definition) is 1. The second-order valence-corrected chi connectivity index (χ2v) is 6.07. The van der Waals surface area contributed by atoms with Gasteiger partial charge in [-0.2, -0.15) is 0 Å². The minimum absolute atomic E-state index is 0. The average Bonchev–Trinajstić information content (AvgIpc) is 3.01. The number of rotatable bonds is 5. The quantitative estimate of drug-likeness (QED) is 0.693. The van der Waals surface area contributed by atoms with E-state index in [1.165, 1.54) is 11.1 Å². The van der Waals surface area contributed by atoms with Crippen LogP contribution in [0.2, 0.25) is 0 Å². The summed E-state index contributed by atoms with van der Waals surface area (Å²) in [6, 6.07) is 8.52. The molecule has 0 aliphatic carbocycles. The molecule has 0 spiro atoms. The summed E-state index contributed by atoms with van der Waals surface area (Å²) in [5, 5.41) is 3.30. The Morgan fingerprint density at radius 3 is 2.75 bits per heavy atom. The molecule has 0 bridgehead atoms. The van der Waals surface area contributed by atoms with Crippen LogP contribution < -0.4 is 5.32 Å². The van der Waals surface area contributed by atoms with Crippen LogP contribution in [-0.2, 0) is 13.0 Å². The first-order chi connectivity index (χ1) is 10.7. The molecule has 2 heterocycles. The molecule has 1 saturated heterocycles. The first-order valence-electron chi connectivity index (χ1n) is 8.05. The van der Waals surface area contributed by atoms with Gasteiger partial charge in [-0.25, -0.2) is 4.98 Å². The summed E-state index contributed by atoms with van der Waals surface area (Å²) in [6.45, 7) is 4.77. The lowest BCUT2D eigenvalue weighted by Crippen LogP contribution is -2.33. The molecule has 1 aromatic carbocycles. The summed E-state index contributed by atoms with van der Waals surface area (Å²) >= 11 is 0. The van der Waals surface area contributed by atoms with Crippen molar-refractivity contribution in [1.29, 1.82) is 0 Å². The van der Waals surface area contributed by atoms with Gasteiger partial charge in [-0.15, -0.1) is 34.0 Å². The monoisotopic (exact) mass is 457 g/mol. The van der Waals surface area contributed by atoms with Gasteiger partial charge in [-0.05, 0) is 44.8 Å². The largest absolute Gasteiger partial charge is 0.328 e. The molecule has 1 aliphatic rings. The lowest BCUT2D eigenvalue weighted by molar-refractivity contribution is 0.0879. The minimum Gasteiger partial charge on any atom is -0.328 e. The van der Waals surface area contributed by atoms with Crippen LogP contribution in [0.3, 0.4) is 0 Å². The lowest BCUT2D eigenvalue weighted by Gasteiger charge is -2.21. The van der Waals surface area contributed by atoms with Crippen LogP contribution >= 0.6 is 34.0 Å². The highest BCUT2D eigenvalue weighted by atomic mass is 79.9. The number of piperidine rings is 1. The third kappa shape index (κ3) is 5.26. The Labute approximate surface area is 164 Å². The van der Waals surface area contributed by atoms with E-state index in [0.29, 0.717) is 5.82 Å². The summed E-state index contributed by atoms with van der Waals surface area (Å²) in [7, 11) is 0. The highest BCUT2D eigenvalue weighted by Gasteiger charge is 2.25. The van der Waals surface area contributed by atoms with Gasteiger partial charge >= 0.3 is 0 Å². The zero-order valence-electron chi connectivity index (χ0n) is 13.9. The van der Waals surface area contributed by atoms with Crippen molar-refractivity contribution in [1.82, 2.24) is 14.9 Å². The predicted octanol–water partition coefficient (Wildman–Crippen LogP) is 3.77. The Hall–Kier alpha value is -0.980. The van der Waals surface area contributed by atoms with Crippen LogP contribution in [0.4, 0.5) is 0 Å². The van der Waals surface area contributed by atoms with Crippen LogP contribution in [0, 0.1) is 12.8 Å². The van der Waals surface area contributed by atoms with Crippen molar-refractivity contribution < 1.29 is 4.79 Å². The Bertz CT molecular complexity index is 651. The number of Topliss-reactive ketones (excluding diaryl/α,β-unsaturated/α-hetero) is 1. The fourth-order valence-corrected chi connectivity index (χ4v) is 3.10. The van der Waals surface area contributed by atoms with Crippen molar-refractivity contribution in [3.63, 3.8) is 0 Å². The van der Waals surface area contributed by atoms with Crippen molar-refractivity contribution in [3.05, 3.63) is 53.6 Å². The summed E-state index contributed by atoms with van der Waals surface area (Å²) in [5.74, 6) is 0.955. The molecule has 0 amide bonds. The van der Waals surface area contributed by atoms with E-state index in [1.807, 2.05) is 10.8 Å². The van der Waals surface area contributed by atoms with Gasteiger partial charge in [0.15, 0.2) is 5.82 Å². The highest BCUT2D eigenvalue weighted by Crippen LogP contribution is 2.17. The van der Waals surface area contributed by atoms with Gasteiger partial charge in [0.25, 0.3) is 0 Å². The van der Waals surface area contributed by atoms with Gasteiger partial charge in [0.05, 0.1) is 0 Å². The van der Waals surface area contributed by atoms with E-state index in [-0.39, 0.29) is 45.7 Å². The first-order valence-corrected chi connectivity index (χ1v) is 8.05. The molecule has 1 aliphatic heterocycles. The number of carbonyl (C=O) groups is 1. The number of aromatic nitrogens is 2. The first kappa shape index (κ1) is 21.1. The van der Waals surface area contributed by atoms with Crippen LogP contribution in [0.15, 0.2) is 36.7 Å². The van der Waals surface area contributed by atoms with E-state index >= 15 is 0 Å². The molecule has 1 aromatic heterocycles. The molecule has 0 saturated carbocycles. The van der Waals surface area contributed by atoms with Crippen LogP contribution in [0.25, 0.3) is 0 Å². The number of nitrogens with zero attached hydrogens (tertiary/aromatic N) is 2. The van der Waals surface area contributed by atoms with Crippen molar-refractivity contribution >= 4 is 39.7 Å². The maximum Gasteiger partial charge on any atom is 0.201 e. The Morgan fingerprint density at radius 2 is 2.04 bits per heavy atom. The number of hydrogen-bond acceptors (Lipinski definition) is 3. The van der Waals surface area contributed by atoms with Crippen LogP contribution in [0.1, 0.15) is 34.6 Å². The van der Waals surface area contributed by atoms with Gasteiger partial charge in [-0.3, -0.25) is 4.79 Å². The van der Waals surface area contributed by atoms with Gasteiger partial charge in [0.1, 0.15) is 0 Å². The summed E-state index contributed by atoms with van der Waals surface area (Å²) < 4.78 is 2.01. The number of nitrogens with one attached hydrogen (secondary N) is 1. The molecule has 132 valence electrons. The minimum atomic E-state index is 0. The zero-order valence-corrected chi connectivity index (χ0v) is 17.3. The lowest BCUT2D eigenvalue weighted by atomic mass is 9.93. The highest BCUT2D eigenvalue weighted by molar-refractivity contribution is 8.93. The Kier molecular flexibility index (Phi) is 8.87. The van der Waals surface area contributed by atoms with Gasteiger partial charge in [-0.1, -0.05) is 29.8 Å². The third-order valence-corrected chi connectivity index (χ3v) is 4.37. The van der Waals surface area contributed by atoms with Gasteiger partial charge in [0.2, 0.25) is 5.78 Å². The number of benzene rings is 1. The molecule has 2 aromatic rings. The van der Waals surface area contributed by atoms with E-state index < -0.39 is 0 Å². The predicted molar refractivity (Wildman–Crippen MR) is 108 cm³/mol. The molecule has 1 N–H and O–H groups in total. The molecule has 1 fully saturated rings. The second-order valence-electron chi connectivity index (χ2n) is 6.07. The molecular weight excluding hydrogens is 434 g/mol. The SMILES string of the molecule is Br.Br.Cc1cccc(CCn2ccnc2C(=O)C2CCNCC2)c1. The van der Waals surface area contributed by atoms with E-state index in [9.17, 15) is 4.79 Å². The third-order valence-electron chi connectivity index (χ3n) is 4.37. The number of aryl methyl sites for hydroxylation is 3. The van der Waals surface area contributed by atoms with Crippen LogP contribution in [0.5, 0.6) is 0 Å². The zero-order chi connectivity index (χ0) is 15.4. The summed E-state index contributed by atoms with van der Waals surface area (Å²) in [5.41, 5.74) is 2.57. The van der Waals surface area contributed by atoms with E-state index in [4.69, 9.17) is 0 Å². The maximum absolute atomic E-state index is 12.6. The molecule has 0 atom stereocenters. The van der Waals surface area contributed by atoms with Gasteiger partial charge < -0.3 is 9.88 Å². The topological polar surface area (TPSA) is 46.9 Å². The van der Waals surface area contributed by atoms with E-state index in [1.54, 1.807) is 6.20 Å². The summed E-state index contributed by atoms with van der Waals surface area (Å²) in [4.78, 5) is 17.0. The number of carbonyl (C=O) groups excluding carboxylic acids is 1. The maximum atomic E-state index is 12.6. The molecule has 24 heavy (non-hydrogen) atoms. The smallest absolute Gasteiger partial charge is 0.201 e. The van der Waals surface area contributed by atoms with Crippen molar-refractivity contribution in [2.24, 2.45) is 5.92 Å². The number of halogens is 2. The van der Waals surface area contributed by atoms with Crippen LogP contribution in [-0.4, -0.2) is 28.4 Å². The molecule has 0 radical (unpaired) electrons. The fourth-order valence-electron chi connectivity index (χ4n) is 3.10. The van der Waals surface area contributed by atoms with E-state index in [0.717, 1.165) is 38.9 Å². The van der Waals surface area contributed by atoms with Gasteiger partial charge in [0, 0.05) is 24.9 Å². The Balaban J connectivity index is 0.00000144. The Morgan fingerprint density at radius 1 is 1.29 bits per heavy atom. The number of ketones is 1. The fraction of sp³-hybridized carbons (Fsp3) is 0.444. The molecule has 0 unspecified atom stereocenters. The van der Waals surface area contributed by atoms with Crippen molar-refractivity contribution in [3.8, 4) is 0 Å². The standard InChI is InChI=1S/C18H23N3O.2BrH/c1-14-3-2-4-15(13-14)7-11-21-12-10-20-18(21)17(22)16-5-8-19-9-6-16;;/h2-4,10,12-13,16,19H,5-9,11H2,1H3;2*1H. The molecular formula is C18H25Br2N3O. The average molecular weight is 459 g/mol. The van der Waals surface area contributed by atoms with Crippen molar-refractivity contribution in [2.75, 3.05) is 13.1 Å². The molecule has 3 rings (SSSR count). The molecule has 6 heteroatoms. The summed E-state index contributed by atoms with van der Waals surface area (Å²) in [6.07, 6.45) is 6.42. The normalized spacial score (nSPS) is 14.5. The molecule has 4 nitrogen and oxygen atoms in total. The van der Waals surface area contributed by atoms with E-state index in [2.05, 4.69) is 41.5 Å². The number of imidazole rings is 1.